The van der Waals surface area contributed by atoms with E-state index in [1.165, 1.54) is 12.1 Å². The highest BCUT2D eigenvalue weighted by molar-refractivity contribution is 9.10. The molecule has 0 fully saturated rings. The fourth-order valence-electron chi connectivity index (χ4n) is 4.79. The van der Waals surface area contributed by atoms with Crippen LogP contribution in [0.3, 0.4) is 0 Å². The number of anilines is 1. The summed E-state index contributed by atoms with van der Waals surface area (Å²) in [6, 6.07) is 21.8. The van der Waals surface area contributed by atoms with Crippen LogP contribution in [0.4, 0.5) is 18.9 Å². The van der Waals surface area contributed by atoms with Crippen LogP contribution in [0, 0.1) is 17.2 Å². The Morgan fingerprint density at radius 3 is 2.57 bits per heavy atom. The normalized spacial score (nSPS) is 11.9. The molecule has 0 radical (unpaired) electrons. The van der Waals surface area contributed by atoms with Crippen LogP contribution in [0.2, 0.25) is 0 Å². The van der Waals surface area contributed by atoms with Gasteiger partial charge in [-0.05, 0) is 72.7 Å². The molecule has 0 aliphatic carbocycles. The second-order valence-electron chi connectivity index (χ2n) is 10.2. The van der Waals surface area contributed by atoms with Gasteiger partial charge in [-0.2, -0.15) is 18.4 Å². The third kappa shape index (κ3) is 8.98. The Kier molecular flexibility index (Phi) is 11.3. The summed E-state index contributed by atoms with van der Waals surface area (Å²) in [7, 11) is 0. The molecule has 0 unspecified atom stereocenters. The van der Waals surface area contributed by atoms with Crippen LogP contribution in [0.5, 0.6) is 0 Å². The summed E-state index contributed by atoms with van der Waals surface area (Å²) < 4.78 is 44.3. The van der Waals surface area contributed by atoms with Crippen molar-refractivity contribution in [3.8, 4) is 6.07 Å². The van der Waals surface area contributed by atoms with Crippen molar-refractivity contribution in [1.29, 1.82) is 5.26 Å². The zero-order valence-corrected chi connectivity index (χ0v) is 26.0. The van der Waals surface area contributed by atoms with Gasteiger partial charge in [0.1, 0.15) is 5.78 Å². The molecule has 3 aromatic carbocycles. The summed E-state index contributed by atoms with van der Waals surface area (Å²) in [5, 5.41) is 12.3. The number of halogens is 4. The maximum atomic E-state index is 13.9. The zero-order chi connectivity index (χ0) is 31.7. The van der Waals surface area contributed by atoms with Crippen LogP contribution < -0.4 is 11.1 Å². The van der Waals surface area contributed by atoms with Crippen LogP contribution in [-0.4, -0.2) is 38.4 Å². The number of imidazole rings is 1. The highest BCUT2D eigenvalue weighted by Gasteiger charge is 2.34. The number of ketones is 1. The quantitative estimate of drug-likeness (QED) is 0.163. The van der Waals surface area contributed by atoms with Gasteiger partial charge in [-0.15, -0.1) is 0 Å². The van der Waals surface area contributed by atoms with E-state index in [9.17, 15) is 18.0 Å². The molecule has 0 saturated carbocycles. The maximum Gasteiger partial charge on any atom is 0.416 e. The first kappa shape index (κ1) is 32.9. The molecular weight excluding hydrogens is 653 g/mol. The van der Waals surface area contributed by atoms with Crippen LogP contribution in [-0.2, 0) is 30.5 Å². The fraction of sp³-hybridized carbons (Fsp3) is 0.250. The number of hydrogen-bond acceptors (Lipinski definition) is 5. The summed E-state index contributed by atoms with van der Waals surface area (Å²) in [6.45, 7) is 0.558. The standard InChI is InChI=1S/C32H30BrF3N6OS/c33-26-5-3-6-27(14-26)40-31(44)41(19-24-4-1-2-7-29(24)32(34,35)36)20-25(12-13-37)30(43)15-28-17-39-21-42(28)18-23-10-8-22(16-38)9-11-23/h1-11,14,17,21,25H,12-13,15,18-20,37H2,(H,40,44)/t25-/m0/s1. The predicted molar refractivity (Wildman–Crippen MR) is 171 cm³/mol. The first-order chi connectivity index (χ1) is 21.1. The molecule has 0 bridgehead atoms. The minimum atomic E-state index is -4.55. The number of benzene rings is 3. The van der Waals surface area contributed by atoms with E-state index in [0.717, 1.165) is 16.1 Å². The van der Waals surface area contributed by atoms with Crippen LogP contribution >= 0.6 is 28.1 Å². The Labute approximate surface area is 267 Å². The van der Waals surface area contributed by atoms with Crippen LogP contribution in [0.15, 0.2) is 89.8 Å². The minimum Gasteiger partial charge on any atom is -0.344 e. The van der Waals surface area contributed by atoms with E-state index in [-0.39, 0.29) is 42.5 Å². The van der Waals surface area contributed by atoms with Crippen molar-refractivity contribution in [3.63, 3.8) is 0 Å². The van der Waals surface area contributed by atoms with E-state index in [1.54, 1.807) is 53.8 Å². The van der Waals surface area contributed by atoms with Gasteiger partial charge in [-0.25, -0.2) is 4.98 Å². The highest BCUT2D eigenvalue weighted by Crippen LogP contribution is 2.33. The monoisotopic (exact) mass is 682 g/mol. The molecular formula is C32H30BrF3N6OS. The lowest BCUT2D eigenvalue weighted by atomic mass is 9.95. The van der Waals surface area contributed by atoms with Crippen molar-refractivity contribution in [2.45, 2.75) is 32.1 Å². The Morgan fingerprint density at radius 1 is 1.14 bits per heavy atom. The summed E-state index contributed by atoms with van der Waals surface area (Å²) >= 11 is 9.11. The lowest BCUT2D eigenvalue weighted by molar-refractivity contribution is -0.138. The summed E-state index contributed by atoms with van der Waals surface area (Å²) in [5.74, 6) is -0.741. The number of carbonyl (C=O) groups is 1. The van der Waals surface area contributed by atoms with Gasteiger partial charge < -0.3 is 20.5 Å². The van der Waals surface area contributed by atoms with Crippen molar-refractivity contribution in [2.75, 3.05) is 18.4 Å². The Bertz CT molecular complexity index is 1630. The molecule has 12 heteroatoms. The molecule has 4 aromatic rings. The number of Topliss-reactive ketones (excluding diaryl/α,β-unsaturated/α-hetero) is 1. The van der Waals surface area contributed by atoms with Crippen LogP contribution in [0.1, 0.15) is 34.4 Å². The van der Waals surface area contributed by atoms with E-state index in [2.05, 4.69) is 32.3 Å². The van der Waals surface area contributed by atoms with Crippen molar-refractivity contribution < 1.29 is 18.0 Å². The van der Waals surface area contributed by atoms with Crippen molar-refractivity contribution in [2.24, 2.45) is 11.7 Å². The third-order valence-corrected chi connectivity index (χ3v) is 7.90. The Morgan fingerprint density at radius 2 is 1.89 bits per heavy atom. The molecule has 0 spiro atoms. The fourth-order valence-corrected chi connectivity index (χ4v) is 5.45. The average Bonchev–Trinajstić information content (AvgIpc) is 3.42. The largest absolute Gasteiger partial charge is 0.416 e. The number of rotatable bonds is 12. The van der Waals surface area contributed by atoms with E-state index in [1.807, 2.05) is 22.8 Å². The number of carbonyl (C=O) groups excluding carboxylic acids is 1. The summed E-state index contributed by atoms with van der Waals surface area (Å²) in [4.78, 5) is 19.5. The molecule has 228 valence electrons. The number of alkyl halides is 3. The maximum absolute atomic E-state index is 13.9. The number of nitriles is 1. The lowest BCUT2D eigenvalue weighted by Gasteiger charge is -2.30. The molecule has 4 rings (SSSR count). The molecule has 0 aliphatic heterocycles. The van der Waals surface area contributed by atoms with E-state index in [4.69, 9.17) is 23.2 Å². The minimum absolute atomic E-state index is 0.0397. The molecule has 0 saturated heterocycles. The SMILES string of the molecule is N#Cc1ccc(Cn2cncc2CC(=O)[C@@H](CCN)CN(Cc2ccccc2C(F)(F)F)C(=S)Nc2cccc(Br)c2)cc1. The smallest absolute Gasteiger partial charge is 0.344 e. The highest BCUT2D eigenvalue weighted by atomic mass is 79.9. The number of thiocarbonyl (C=S) groups is 1. The van der Waals surface area contributed by atoms with E-state index < -0.39 is 17.7 Å². The predicted octanol–water partition coefficient (Wildman–Crippen LogP) is 6.56. The van der Waals surface area contributed by atoms with Crippen LogP contribution in [0.25, 0.3) is 0 Å². The Hall–Kier alpha value is -4.05. The first-order valence-corrected chi connectivity index (χ1v) is 14.9. The van der Waals surface area contributed by atoms with Gasteiger partial charge in [0.25, 0.3) is 0 Å². The number of aromatic nitrogens is 2. The molecule has 44 heavy (non-hydrogen) atoms. The second-order valence-corrected chi connectivity index (χ2v) is 11.5. The number of hydrogen-bond donors (Lipinski definition) is 2. The lowest BCUT2D eigenvalue weighted by Crippen LogP contribution is -2.41. The van der Waals surface area contributed by atoms with Gasteiger partial charge in [-0.3, -0.25) is 4.79 Å². The van der Waals surface area contributed by atoms with Gasteiger partial charge in [0.2, 0.25) is 0 Å². The molecule has 1 aromatic heterocycles. The van der Waals surface area contributed by atoms with Gasteiger partial charge >= 0.3 is 6.18 Å². The second kappa shape index (κ2) is 15.1. The first-order valence-electron chi connectivity index (χ1n) is 13.7. The van der Waals surface area contributed by atoms with Gasteiger partial charge in [-0.1, -0.05) is 52.3 Å². The molecule has 0 aliphatic rings. The molecule has 3 N–H and O–H groups in total. The van der Waals surface area contributed by atoms with E-state index in [0.29, 0.717) is 29.9 Å². The van der Waals surface area contributed by atoms with Crippen molar-refractivity contribution in [1.82, 2.24) is 14.5 Å². The zero-order valence-electron chi connectivity index (χ0n) is 23.6. The average molecular weight is 684 g/mol. The topological polar surface area (TPSA) is 100.0 Å². The van der Waals surface area contributed by atoms with E-state index >= 15 is 0 Å². The molecule has 0 amide bonds. The molecule has 7 nitrogen and oxygen atoms in total. The summed E-state index contributed by atoms with van der Waals surface area (Å²) in [6.07, 6.45) is -0.922. The summed E-state index contributed by atoms with van der Waals surface area (Å²) in [5.41, 5.74) is 8.01. The van der Waals surface area contributed by atoms with Gasteiger partial charge in [0, 0.05) is 54.0 Å². The number of nitrogens with one attached hydrogen (secondary N) is 1. The van der Waals surface area contributed by atoms with Gasteiger partial charge in [0.05, 0.1) is 23.5 Å². The van der Waals surface area contributed by atoms with Gasteiger partial charge in [0.15, 0.2) is 5.11 Å². The Balaban J connectivity index is 1.57. The third-order valence-electron chi connectivity index (χ3n) is 7.05. The number of nitrogens with two attached hydrogens (primary N) is 1. The molecule has 1 atom stereocenters. The van der Waals surface area contributed by atoms with Crippen molar-refractivity contribution in [3.05, 3.63) is 118 Å². The number of nitrogens with zero attached hydrogens (tertiary/aromatic N) is 4. The van der Waals surface area contributed by atoms with Crippen molar-refractivity contribution >= 4 is 44.7 Å². The molecule has 1 heterocycles.